The molecule has 1 atom stereocenters. The first-order chi connectivity index (χ1) is 6.79. The van der Waals surface area contributed by atoms with Gasteiger partial charge in [-0.3, -0.25) is 0 Å². The minimum absolute atomic E-state index is 0.0497. The van der Waals surface area contributed by atoms with Crippen LogP contribution in [0, 0.1) is 0 Å². The minimum atomic E-state index is 0.0497. The maximum absolute atomic E-state index is 5.49. The zero-order chi connectivity index (χ0) is 9.97. The molecule has 3 nitrogen and oxygen atoms in total. The van der Waals surface area contributed by atoms with Crippen molar-refractivity contribution in [1.29, 1.82) is 0 Å². The van der Waals surface area contributed by atoms with Crippen LogP contribution in [0.5, 0.6) is 0 Å². The Kier molecular flexibility index (Phi) is 2.84. The third-order valence-electron chi connectivity index (χ3n) is 2.17. The lowest BCUT2D eigenvalue weighted by Crippen LogP contribution is -2.20. The molecule has 14 heavy (non-hydrogen) atoms. The van der Waals surface area contributed by atoms with Crippen molar-refractivity contribution in [2.24, 2.45) is 10.9 Å². The second-order valence-electron chi connectivity index (χ2n) is 3.21. The molecule has 0 spiro atoms. The molecular weight excluding hydrogens is 244 g/mol. The molecule has 0 saturated carbocycles. The van der Waals surface area contributed by atoms with E-state index in [1.165, 1.54) is 0 Å². The van der Waals surface area contributed by atoms with Gasteiger partial charge >= 0.3 is 0 Å². The van der Waals surface area contributed by atoms with Crippen molar-refractivity contribution in [3.63, 3.8) is 0 Å². The molecule has 0 radical (unpaired) electrons. The second-order valence-corrected chi connectivity index (χ2v) is 4.13. The summed E-state index contributed by atoms with van der Waals surface area (Å²) in [6.07, 6.45) is 0.853. The summed E-state index contributed by atoms with van der Waals surface area (Å²) in [6.45, 7) is 0.517. The monoisotopic (exact) mass is 254 g/mol. The van der Waals surface area contributed by atoms with E-state index in [1.807, 2.05) is 24.3 Å². The Morgan fingerprint density at radius 2 is 2.14 bits per heavy atom. The van der Waals surface area contributed by atoms with Gasteiger partial charge in [0.1, 0.15) is 6.10 Å². The highest BCUT2D eigenvalue weighted by Crippen LogP contribution is 2.18. The van der Waals surface area contributed by atoms with E-state index in [-0.39, 0.29) is 6.10 Å². The maximum atomic E-state index is 5.49. The summed E-state index contributed by atoms with van der Waals surface area (Å²) < 4.78 is 1.07. The average Bonchev–Trinajstić information content (AvgIpc) is 2.67. The number of hydrogen-bond acceptors (Lipinski definition) is 3. The molecule has 74 valence electrons. The van der Waals surface area contributed by atoms with Crippen LogP contribution < -0.4 is 5.73 Å². The zero-order valence-electron chi connectivity index (χ0n) is 7.61. The lowest BCUT2D eigenvalue weighted by molar-refractivity contribution is 0.0918. The van der Waals surface area contributed by atoms with Gasteiger partial charge in [-0.05, 0) is 17.7 Å². The van der Waals surface area contributed by atoms with Crippen LogP contribution in [0.2, 0.25) is 0 Å². The number of rotatable bonds is 2. The zero-order valence-corrected chi connectivity index (χ0v) is 9.20. The van der Waals surface area contributed by atoms with Crippen LogP contribution in [0.1, 0.15) is 12.0 Å². The van der Waals surface area contributed by atoms with E-state index in [2.05, 4.69) is 21.1 Å². The van der Waals surface area contributed by atoms with Gasteiger partial charge in [-0.2, -0.15) is 0 Å². The van der Waals surface area contributed by atoms with Gasteiger partial charge in [-0.25, -0.2) is 0 Å². The Balaban J connectivity index is 2.13. The second kappa shape index (κ2) is 4.11. The van der Waals surface area contributed by atoms with E-state index in [0.29, 0.717) is 6.54 Å². The van der Waals surface area contributed by atoms with E-state index in [9.17, 15) is 0 Å². The Morgan fingerprint density at radius 3 is 2.71 bits per heavy atom. The molecule has 2 rings (SSSR count). The Hall–Kier alpha value is -0.870. The molecule has 0 saturated heterocycles. The molecule has 1 aliphatic heterocycles. The normalized spacial score (nSPS) is 20.4. The highest BCUT2D eigenvalue weighted by atomic mass is 79.9. The fraction of sp³-hybridized carbons (Fsp3) is 0.300. The molecule has 0 bridgehead atoms. The predicted molar refractivity (Wildman–Crippen MR) is 59.2 cm³/mol. The van der Waals surface area contributed by atoms with Crippen molar-refractivity contribution >= 4 is 21.6 Å². The highest BCUT2D eigenvalue weighted by Gasteiger charge is 2.20. The number of nitrogens with zero attached hydrogens (tertiary/aromatic N) is 1. The molecule has 0 amide bonds. The fourth-order valence-electron chi connectivity index (χ4n) is 1.37. The highest BCUT2D eigenvalue weighted by molar-refractivity contribution is 9.10. The van der Waals surface area contributed by atoms with Gasteiger partial charge in [0.25, 0.3) is 0 Å². The first kappa shape index (κ1) is 9.68. The van der Waals surface area contributed by atoms with Crippen molar-refractivity contribution in [1.82, 2.24) is 0 Å². The molecule has 1 aromatic carbocycles. The molecular formula is C10H11BrN2O. The first-order valence-electron chi connectivity index (χ1n) is 4.48. The lowest BCUT2D eigenvalue weighted by Gasteiger charge is -2.02. The van der Waals surface area contributed by atoms with Crippen LogP contribution in [-0.2, 0) is 4.84 Å². The molecule has 0 aliphatic carbocycles. The fourth-order valence-corrected chi connectivity index (χ4v) is 1.63. The van der Waals surface area contributed by atoms with Gasteiger partial charge in [-0.15, -0.1) is 0 Å². The SMILES string of the molecule is NC[C@H]1CC(c2ccc(Br)cc2)=NO1. The van der Waals surface area contributed by atoms with Crippen LogP contribution in [0.25, 0.3) is 0 Å². The van der Waals surface area contributed by atoms with Gasteiger partial charge in [0.15, 0.2) is 0 Å². The number of halogens is 1. The van der Waals surface area contributed by atoms with E-state index in [0.717, 1.165) is 22.2 Å². The number of oxime groups is 1. The van der Waals surface area contributed by atoms with Gasteiger partial charge in [0, 0.05) is 17.4 Å². The number of nitrogens with two attached hydrogens (primary N) is 1. The maximum Gasteiger partial charge on any atom is 0.145 e. The van der Waals surface area contributed by atoms with Gasteiger partial charge in [0.2, 0.25) is 0 Å². The molecule has 0 unspecified atom stereocenters. The van der Waals surface area contributed by atoms with Gasteiger partial charge in [0.05, 0.1) is 5.71 Å². The van der Waals surface area contributed by atoms with Crippen LogP contribution >= 0.6 is 15.9 Å². The molecule has 1 aromatic rings. The van der Waals surface area contributed by atoms with Crippen molar-refractivity contribution in [2.45, 2.75) is 12.5 Å². The molecule has 1 aliphatic rings. The first-order valence-corrected chi connectivity index (χ1v) is 5.27. The van der Waals surface area contributed by atoms with Crippen molar-refractivity contribution < 1.29 is 4.84 Å². The smallest absolute Gasteiger partial charge is 0.145 e. The van der Waals surface area contributed by atoms with Crippen LogP contribution in [0.3, 0.4) is 0 Å². The van der Waals surface area contributed by atoms with Gasteiger partial charge < -0.3 is 10.6 Å². The van der Waals surface area contributed by atoms with Crippen molar-refractivity contribution in [2.75, 3.05) is 6.54 Å². The van der Waals surface area contributed by atoms with E-state index < -0.39 is 0 Å². The summed E-state index contributed by atoms with van der Waals surface area (Å²) in [5.74, 6) is 0. The summed E-state index contributed by atoms with van der Waals surface area (Å²) >= 11 is 3.39. The van der Waals surface area contributed by atoms with E-state index in [4.69, 9.17) is 10.6 Å². The predicted octanol–water partition coefficient (Wildman–Crippen LogP) is 1.90. The number of benzene rings is 1. The summed E-state index contributed by atoms with van der Waals surface area (Å²) in [6, 6.07) is 8.03. The summed E-state index contributed by atoms with van der Waals surface area (Å²) in [5, 5.41) is 4.01. The largest absolute Gasteiger partial charge is 0.390 e. The Labute approximate surface area is 91.1 Å². The summed E-state index contributed by atoms with van der Waals surface area (Å²) in [5.41, 5.74) is 7.57. The third kappa shape index (κ3) is 1.96. The Morgan fingerprint density at radius 1 is 1.43 bits per heavy atom. The van der Waals surface area contributed by atoms with Gasteiger partial charge in [-0.1, -0.05) is 33.2 Å². The third-order valence-corrected chi connectivity index (χ3v) is 2.70. The lowest BCUT2D eigenvalue weighted by atomic mass is 10.1. The van der Waals surface area contributed by atoms with Crippen LogP contribution in [-0.4, -0.2) is 18.4 Å². The topological polar surface area (TPSA) is 47.6 Å². The van der Waals surface area contributed by atoms with Crippen molar-refractivity contribution in [3.05, 3.63) is 34.3 Å². The molecule has 2 N–H and O–H groups in total. The molecule has 0 aromatic heterocycles. The van der Waals surface area contributed by atoms with Crippen LogP contribution in [0.15, 0.2) is 33.9 Å². The van der Waals surface area contributed by atoms with Crippen LogP contribution in [0.4, 0.5) is 0 Å². The van der Waals surface area contributed by atoms with E-state index in [1.54, 1.807) is 0 Å². The number of hydrogen-bond donors (Lipinski definition) is 1. The van der Waals surface area contributed by atoms with E-state index >= 15 is 0 Å². The summed E-state index contributed by atoms with van der Waals surface area (Å²) in [4.78, 5) is 5.15. The summed E-state index contributed by atoms with van der Waals surface area (Å²) in [7, 11) is 0. The Bertz CT molecular complexity index is 348. The molecule has 4 heteroatoms. The standard InChI is InChI=1S/C10H11BrN2O/c11-8-3-1-7(2-4-8)10-5-9(6-12)14-13-10/h1-4,9H,5-6,12H2/t9-/m1/s1. The minimum Gasteiger partial charge on any atom is -0.390 e. The quantitative estimate of drug-likeness (QED) is 0.877. The average molecular weight is 255 g/mol. The molecule has 1 heterocycles. The van der Waals surface area contributed by atoms with Crippen molar-refractivity contribution in [3.8, 4) is 0 Å². The molecule has 0 fully saturated rings.